The largest absolute Gasteiger partial charge is 0.296 e. The third-order valence-electron chi connectivity index (χ3n) is 1.74. The van der Waals surface area contributed by atoms with Gasteiger partial charge >= 0.3 is 0 Å². The molecule has 0 spiro atoms. The lowest BCUT2D eigenvalue weighted by Crippen LogP contribution is -2.24. The number of hydrogen-bond donors (Lipinski definition) is 0. The molecule has 0 aromatic heterocycles. The van der Waals surface area contributed by atoms with Crippen molar-refractivity contribution in [2.45, 2.75) is 19.8 Å². The van der Waals surface area contributed by atoms with E-state index in [4.69, 9.17) is 0 Å². The zero-order chi connectivity index (χ0) is 9.23. The van der Waals surface area contributed by atoms with Crippen LogP contribution in [-0.2, 0) is 0 Å². The van der Waals surface area contributed by atoms with Gasteiger partial charge in [0.15, 0.2) is 0 Å². The molecule has 0 heterocycles. The molecule has 1 heteroatoms. The van der Waals surface area contributed by atoms with Crippen LogP contribution in [0.15, 0.2) is 25.3 Å². The molecule has 0 unspecified atom stereocenters. The molecule has 0 aliphatic rings. The number of hydrogen-bond acceptors (Lipinski definition) is 1. The van der Waals surface area contributed by atoms with E-state index in [2.05, 4.69) is 31.4 Å². The predicted octanol–water partition coefficient (Wildman–Crippen LogP) is 2.66. The first-order valence-electron chi connectivity index (χ1n) is 4.57. The molecular weight excluding hydrogens is 146 g/mol. The number of rotatable bonds is 8. The van der Waals surface area contributed by atoms with E-state index in [0.29, 0.717) is 0 Å². The fraction of sp³-hybridized carbons (Fsp3) is 0.545. The maximum absolute atomic E-state index is 3.73. The van der Waals surface area contributed by atoms with Gasteiger partial charge in [0.2, 0.25) is 0 Å². The molecule has 0 amide bonds. The molecule has 1 radical (unpaired) electrons. The average molecular weight is 166 g/mol. The van der Waals surface area contributed by atoms with Crippen molar-refractivity contribution in [3.8, 4) is 0 Å². The van der Waals surface area contributed by atoms with Gasteiger partial charge in [0.1, 0.15) is 0 Å². The minimum Gasteiger partial charge on any atom is -0.296 e. The fourth-order valence-corrected chi connectivity index (χ4v) is 1.14. The molecule has 0 atom stereocenters. The van der Waals surface area contributed by atoms with Crippen LogP contribution in [0.4, 0.5) is 0 Å². The molecular formula is C11H20N. The van der Waals surface area contributed by atoms with Crippen molar-refractivity contribution < 1.29 is 0 Å². The van der Waals surface area contributed by atoms with Gasteiger partial charge in [0, 0.05) is 13.1 Å². The highest BCUT2D eigenvalue weighted by molar-refractivity contribution is 4.79. The van der Waals surface area contributed by atoms with Gasteiger partial charge in [0.05, 0.1) is 0 Å². The van der Waals surface area contributed by atoms with Crippen molar-refractivity contribution in [3.63, 3.8) is 0 Å². The maximum atomic E-state index is 3.73. The Morgan fingerprint density at radius 2 is 1.75 bits per heavy atom. The molecule has 0 aromatic carbocycles. The third kappa shape index (κ3) is 6.17. The van der Waals surface area contributed by atoms with E-state index in [1.807, 2.05) is 12.2 Å². The van der Waals surface area contributed by atoms with E-state index in [0.717, 1.165) is 19.6 Å². The Hall–Kier alpha value is -0.560. The summed E-state index contributed by atoms with van der Waals surface area (Å²) in [4.78, 5) is 2.34. The van der Waals surface area contributed by atoms with Crippen LogP contribution in [0.3, 0.4) is 0 Å². The van der Waals surface area contributed by atoms with E-state index in [-0.39, 0.29) is 0 Å². The van der Waals surface area contributed by atoms with Crippen molar-refractivity contribution in [2.24, 2.45) is 0 Å². The summed E-state index contributed by atoms with van der Waals surface area (Å²) in [6, 6.07) is 0. The van der Waals surface area contributed by atoms with Crippen LogP contribution in [0.5, 0.6) is 0 Å². The predicted molar refractivity (Wildman–Crippen MR) is 56.0 cm³/mol. The van der Waals surface area contributed by atoms with Crippen LogP contribution >= 0.6 is 0 Å². The second-order valence-corrected chi connectivity index (χ2v) is 2.89. The van der Waals surface area contributed by atoms with Crippen molar-refractivity contribution >= 4 is 0 Å². The standard InChI is InChI=1S/C11H20N/c1-4-7-8-11-12(9-5-2)10-6-3/h4-6H,2-3,7-11H2,1H3. The zero-order valence-electron chi connectivity index (χ0n) is 8.13. The molecule has 0 N–H and O–H groups in total. The molecule has 0 rings (SSSR count). The van der Waals surface area contributed by atoms with Crippen LogP contribution in [0, 0.1) is 6.42 Å². The van der Waals surface area contributed by atoms with Gasteiger partial charge in [-0.3, -0.25) is 4.90 Å². The lowest BCUT2D eigenvalue weighted by atomic mass is 10.2. The van der Waals surface area contributed by atoms with Crippen LogP contribution < -0.4 is 0 Å². The zero-order valence-corrected chi connectivity index (χ0v) is 8.13. The topological polar surface area (TPSA) is 3.24 Å². The highest BCUT2D eigenvalue weighted by Crippen LogP contribution is 1.97. The minimum absolute atomic E-state index is 0.968. The summed E-state index contributed by atoms with van der Waals surface area (Å²) < 4.78 is 0. The van der Waals surface area contributed by atoms with E-state index in [1.165, 1.54) is 12.8 Å². The molecule has 0 fully saturated rings. The smallest absolute Gasteiger partial charge is 0.0163 e. The summed E-state index contributed by atoms with van der Waals surface area (Å²) in [6.07, 6.45) is 8.53. The van der Waals surface area contributed by atoms with Crippen molar-refractivity contribution in [1.29, 1.82) is 0 Å². The van der Waals surface area contributed by atoms with Gasteiger partial charge in [-0.25, -0.2) is 0 Å². The molecule has 0 aliphatic heterocycles. The number of nitrogens with zero attached hydrogens (tertiary/aromatic N) is 1. The Bertz CT molecular complexity index is 108. The molecule has 0 saturated carbocycles. The highest BCUT2D eigenvalue weighted by atomic mass is 15.1. The van der Waals surface area contributed by atoms with Crippen LogP contribution in [0.25, 0.3) is 0 Å². The van der Waals surface area contributed by atoms with Gasteiger partial charge in [-0.1, -0.05) is 19.1 Å². The van der Waals surface area contributed by atoms with Gasteiger partial charge < -0.3 is 0 Å². The first kappa shape index (κ1) is 11.4. The van der Waals surface area contributed by atoms with E-state index in [1.54, 1.807) is 0 Å². The number of unbranched alkanes of at least 4 members (excludes halogenated alkanes) is 2. The van der Waals surface area contributed by atoms with Gasteiger partial charge in [-0.05, 0) is 25.8 Å². The Morgan fingerprint density at radius 1 is 1.17 bits per heavy atom. The molecule has 0 aromatic rings. The van der Waals surface area contributed by atoms with E-state index in [9.17, 15) is 0 Å². The summed E-state index contributed by atoms with van der Waals surface area (Å²) in [5, 5.41) is 0. The first-order chi connectivity index (χ1) is 5.85. The summed E-state index contributed by atoms with van der Waals surface area (Å²) in [5.41, 5.74) is 0. The summed E-state index contributed by atoms with van der Waals surface area (Å²) in [6.45, 7) is 12.6. The normalized spacial score (nSPS) is 10.2. The second-order valence-electron chi connectivity index (χ2n) is 2.89. The molecule has 12 heavy (non-hydrogen) atoms. The van der Waals surface area contributed by atoms with Crippen molar-refractivity contribution in [2.75, 3.05) is 19.6 Å². The van der Waals surface area contributed by atoms with Gasteiger partial charge in [0.25, 0.3) is 0 Å². The third-order valence-corrected chi connectivity index (χ3v) is 1.74. The molecule has 69 valence electrons. The first-order valence-corrected chi connectivity index (χ1v) is 4.57. The Kier molecular flexibility index (Phi) is 8.14. The minimum atomic E-state index is 0.968. The maximum Gasteiger partial charge on any atom is 0.0163 e. The lowest BCUT2D eigenvalue weighted by Gasteiger charge is -2.17. The Balaban J connectivity index is 3.47. The molecule has 1 nitrogen and oxygen atoms in total. The Morgan fingerprint density at radius 3 is 2.17 bits per heavy atom. The quantitative estimate of drug-likeness (QED) is 0.396. The molecule has 0 bridgehead atoms. The van der Waals surface area contributed by atoms with Crippen molar-refractivity contribution in [3.05, 3.63) is 31.7 Å². The Labute approximate surface area is 76.8 Å². The van der Waals surface area contributed by atoms with Gasteiger partial charge in [-0.2, -0.15) is 0 Å². The van der Waals surface area contributed by atoms with Crippen LogP contribution in [0.1, 0.15) is 19.8 Å². The van der Waals surface area contributed by atoms with E-state index >= 15 is 0 Å². The van der Waals surface area contributed by atoms with Crippen LogP contribution in [-0.4, -0.2) is 24.5 Å². The summed E-state index contributed by atoms with van der Waals surface area (Å²) in [7, 11) is 0. The van der Waals surface area contributed by atoms with Gasteiger partial charge in [-0.15, -0.1) is 13.2 Å². The lowest BCUT2D eigenvalue weighted by molar-refractivity contribution is 0.330. The fourth-order valence-electron chi connectivity index (χ4n) is 1.14. The summed E-state index contributed by atoms with van der Waals surface area (Å²) >= 11 is 0. The SMILES string of the molecule is C=CCN(CC=C)CCC[CH]C. The van der Waals surface area contributed by atoms with Crippen molar-refractivity contribution in [1.82, 2.24) is 4.90 Å². The van der Waals surface area contributed by atoms with E-state index < -0.39 is 0 Å². The average Bonchev–Trinajstić information content (AvgIpc) is 2.06. The molecule has 0 aliphatic carbocycles. The second kappa shape index (κ2) is 8.54. The monoisotopic (exact) mass is 166 g/mol. The summed E-state index contributed by atoms with van der Waals surface area (Å²) in [5.74, 6) is 0. The molecule has 0 saturated heterocycles. The highest BCUT2D eigenvalue weighted by Gasteiger charge is 1.98. The van der Waals surface area contributed by atoms with Crippen LogP contribution in [0.2, 0.25) is 0 Å².